The average Bonchev–Trinajstić information content (AvgIpc) is 3.62. The topological polar surface area (TPSA) is 64.9 Å². The highest BCUT2D eigenvalue weighted by atomic mass is 19.1. The molecule has 0 saturated heterocycles. The molecule has 0 atom stereocenters. The molecule has 2 heterocycles. The van der Waals surface area contributed by atoms with E-state index in [0.717, 1.165) is 11.3 Å². The molecule has 2 saturated carbocycles. The fraction of sp³-hybridized carbons (Fsp3) is 0.381. The quantitative estimate of drug-likeness (QED) is 0.647. The third-order valence-electron chi connectivity index (χ3n) is 5.13. The summed E-state index contributed by atoms with van der Waals surface area (Å²) in [4.78, 5) is 8.94. The van der Waals surface area contributed by atoms with Gasteiger partial charge in [0.15, 0.2) is 11.6 Å². The molecule has 2 aliphatic carbocycles. The van der Waals surface area contributed by atoms with E-state index in [0.29, 0.717) is 41.5 Å². The molecule has 28 heavy (non-hydrogen) atoms. The summed E-state index contributed by atoms with van der Waals surface area (Å²) in [6.45, 7) is 2.51. The fourth-order valence-corrected chi connectivity index (χ4v) is 3.12. The number of anilines is 2. The minimum absolute atomic E-state index is 0.299. The van der Waals surface area contributed by atoms with Gasteiger partial charge in [0, 0.05) is 18.0 Å². The van der Waals surface area contributed by atoms with Crippen molar-refractivity contribution in [3.8, 4) is 17.0 Å². The lowest BCUT2D eigenvalue weighted by atomic mass is 10.1. The van der Waals surface area contributed by atoms with E-state index in [2.05, 4.69) is 20.4 Å². The van der Waals surface area contributed by atoms with Gasteiger partial charge in [0.05, 0.1) is 30.2 Å². The maximum atomic E-state index is 14.5. The van der Waals surface area contributed by atoms with Crippen molar-refractivity contribution in [2.24, 2.45) is 5.92 Å². The second-order valence-corrected chi connectivity index (χ2v) is 7.69. The molecule has 0 aliphatic heterocycles. The van der Waals surface area contributed by atoms with E-state index in [1.807, 2.05) is 23.9 Å². The monoisotopic (exact) mass is 379 g/mol. The molecular weight excluding hydrogens is 357 g/mol. The van der Waals surface area contributed by atoms with Crippen LogP contribution in [0, 0.1) is 18.7 Å². The van der Waals surface area contributed by atoms with Crippen LogP contribution in [0.2, 0.25) is 0 Å². The van der Waals surface area contributed by atoms with Crippen LogP contribution in [0.15, 0.2) is 36.8 Å². The van der Waals surface area contributed by atoms with Gasteiger partial charge >= 0.3 is 0 Å². The van der Waals surface area contributed by atoms with Crippen molar-refractivity contribution in [3.05, 3.63) is 48.2 Å². The lowest BCUT2D eigenvalue weighted by Gasteiger charge is -2.11. The van der Waals surface area contributed by atoms with E-state index >= 15 is 0 Å². The number of hydrogen-bond acceptors (Lipinski definition) is 5. The molecule has 0 amide bonds. The van der Waals surface area contributed by atoms with Gasteiger partial charge in [-0.1, -0.05) is 0 Å². The van der Waals surface area contributed by atoms with Crippen molar-refractivity contribution in [1.29, 1.82) is 0 Å². The molecule has 144 valence electrons. The number of rotatable bonds is 7. The highest BCUT2D eigenvalue weighted by Gasteiger charge is 2.24. The van der Waals surface area contributed by atoms with Crippen LogP contribution < -0.4 is 10.1 Å². The SMILES string of the molecule is Cc1cnc(Nc2cnn(C3CC3)c2)nc1-c1ccc(OCC2CC2)c(F)c1. The van der Waals surface area contributed by atoms with Gasteiger partial charge in [0.1, 0.15) is 0 Å². The summed E-state index contributed by atoms with van der Waals surface area (Å²) < 4.78 is 22.0. The molecule has 6 nitrogen and oxygen atoms in total. The summed E-state index contributed by atoms with van der Waals surface area (Å²) >= 11 is 0. The van der Waals surface area contributed by atoms with Crippen molar-refractivity contribution in [2.45, 2.75) is 38.6 Å². The van der Waals surface area contributed by atoms with Crippen LogP contribution in [-0.4, -0.2) is 26.4 Å². The minimum atomic E-state index is -0.364. The molecule has 0 bridgehead atoms. The number of benzene rings is 1. The zero-order valence-corrected chi connectivity index (χ0v) is 15.7. The zero-order chi connectivity index (χ0) is 19.1. The molecule has 3 aromatic rings. The Morgan fingerprint density at radius 1 is 1.21 bits per heavy atom. The minimum Gasteiger partial charge on any atom is -0.490 e. The van der Waals surface area contributed by atoms with Gasteiger partial charge in [-0.05, 0) is 62.3 Å². The molecule has 7 heteroatoms. The van der Waals surface area contributed by atoms with Gasteiger partial charge in [-0.25, -0.2) is 14.4 Å². The molecule has 0 radical (unpaired) electrons. The van der Waals surface area contributed by atoms with Crippen molar-refractivity contribution >= 4 is 11.6 Å². The molecule has 5 rings (SSSR count). The van der Waals surface area contributed by atoms with E-state index < -0.39 is 0 Å². The molecular formula is C21H22FN5O. The lowest BCUT2D eigenvalue weighted by Crippen LogP contribution is -2.02. The summed E-state index contributed by atoms with van der Waals surface area (Å²) in [5, 5.41) is 7.55. The Balaban J connectivity index is 1.36. The Labute approximate surface area is 162 Å². The standard InChI is InChI=1S/C21H22FN5O/c1-13-9-23-21(25-16-10-24-27(11-16)17-5-6-17)26-20(13)15-4-7-19(18(22)8-15)28-12-14-2-3-14/h4,7-11,14,17H,2-3,5-6,12H2,1H3,(H,23,25,26). The number of aryl methyl sites for hydroxylation is 1. The predicted octanol–water partition coefficient (Wildman–Crippen LogP) is 4.65. The molecule has 2 aromatic heterocycles. The van der Waals surface area contributed by atoms with Gasteiger partial charge in [-0.2, -0.15) is 5.10 Å². The number of ether oxygens (including phenoxy) is 1. The number of nitrogens with zero attached hydrogens (tertiary/aromatic N) is 4. The van der Waals surface area contributed by atoms with E-state index in [9.17, 15) is 4.39 Å². The Morgan fingerprint density at radius 3 is 2.82 bits per heavy atom. The van der Waals surface area contributed by atoms with Crippen molar-refractivity contribution in [3.63, 3.8) is 0 Å². The van der Waals surface area contributed by atoms with Gasteiger partial charge in [0.25, 0.3) is 0 Å². The van der Waals surface area contributed by atoms with Crippen LogP contribution in [0.1, 0.15) is 37.3 Å². The van der Waals surface area contributed by atoms with E-state index in [1.54, 1.807) is 18.5 Å². The highest BCUT2D eigenvalue weighted by Crippen LogP contribution is 2.35. The average molecular weight is 379 g/mol. The number of aromatic nitrogens is 4. The summed E-state index contributed by atoms with van der Waals surface area (Å²) in [5.41, 5.74) is 3.12. The normalized spacial score (nSPS) is 16.2. The third-order valence-corrected chi connectivity index (χ3v) is 5.13. The summed E-state index contributed by atoms with van der Waals surface area (Å²) in [6.07, 6.45) is 10.2. The predicted molar refractivity (Wildman–Crippen MR) is 104 cm³/mol. The molecule has 0 unspecified atom stereocenters. The maximum absolute atomic E-state index is 14.5. The highest BCUT2D eigenvalue weighted by molar-refractivity contribution is 5.65. The molecule has 1 N–H and O–H groups in total. The first-order chi connectivity index (χ1) is 13.7. The number of halogens is 1. The maximum Gasteiger partial charge on any atom is 0.227 e. The van der Waals surface area contributed by atoms with Crippen LogP contribution in [0.25, 0.3) is 11.3 Å². The Hall–Kier alpha value is -2.96. The van der Waals surface area contributed by atoms with Crippen molar-refractivity contribution in [1.82, 2.24) is 19.7 Å². The first-order valence-electron chi connectivity index (χ1n) is 9.73. The number of nitrogens with one attached hydrogen (secondary N) is 1. The van der Waals surface area contributed by atoms with Crippen LogP contribution in [0.4, 0.5) is 16.0 Å². The Morgan fingerprint density at radius 2 is 2.07 bits per heavy atom. The largest absolute Gasteiger partial charge is 0.490 e. The Bertz CT molecular complexity index is 1010. The van der Waals surface area contributed by atoms with E-state index in [4.69, 9.17) is 4.74 Å². The van der Waals surface area contributed by atoms with E-state index in [-0.39, 0.29) is 5.82 Å². The van der Waals surface area contributed by atoms with Crippen LogP contribution in [0.5, 0.6) is 5.75 Å². The van der Waals surface area contributed by atoms with Gasteiger partial charge in [0.2, 0.25) is 5.95 Å². The first-order valence-corrected chi connectivity index (χ1v) is 9.73. The third kappa shape index (κ3) is 3.69. The Kier molecular flexibility index (Phi) is 4.22. The van der Waals surface area contributed by atoms with Crippen molar-refractivity contribution < 1.29 is 9.13 Å². The fourth-order valence-electron chi connectivity index (χ4n) is 3.12. The summed E-state index contributed by atoms with van der Waals surface area (Å²) in [5.74, 6) is 0.982. The summed E-state index contributed by atoms with van der Waals surface area (Å²) in [6, 6.07) is 5.53. The van der Waals surface area contributed by atoms with Gasteiger partial charge in [-0.3, -0.25) is 4.68 Å². The molecule has 1 aromatic carbocycles. The van der Waals surface area contributed by atoms with E-state index in [1.165, 1.54) is 31.7 Å². The molecule has 0 spiro atoms. The second-order valence-electron chi connectivity index (χ2n) is 7.69. The van der Waals surface area contributed by atoms with Gasteiger partial charge < -0.3 is 10.1 Å². The lowest BCUT2D eigenvalue weighted by molar-refractivity contribution is 0.285. The van der Waals surface area contributed by atoms with Gasteiger partial charge in [-0.15, -0.1) is 0 Å². The smallest absolute Gasteiger partial charge is 0.227 e. The van der Waals surface area contributed by atoms with Crippen molar-refractivity contribution in [2.75, 3.05) is 11.9 Å². The van der Waals surface area contributed by atoms with Crippen LogP contribution in [-0.2, 0) is 0 Å². The molecule has 2 fully saturated rings. The summed E-state index contributed by atoms with van der Waals surface area (Å²) in [7, 11) is 0. The second kappa shape index (κ2) is 6.89. The molecule has 2 aliphatic rings. The van der Waals surface area contributed by atoms with Crippen LogP contribution >= 0.6 is 0 Å². The van der Waals surface area contributed by atoms with Crippen LogP contribution in [0.3, 0.4) is 0 Å². The number of hydrogen-bond donors (Lipinski definition) is 1. The first kappa shape index (κ1) is 17.2. The zero-order valence-electron chi connectivity index (χ0n) is 15.7.